The zero-order valence-corrected chi connectivity index (χ0v) is 13.6. The molecule has 0 saturated carbocycles. The van der Waals surface area contributed by atoms with Crippen molar-refractivity contribution in [3.63, 3.8) is 0 Å². The minimum Gasteiger partial charge on any atom is -0.361 e. The molecule has 1 fully saturated rings. The van der Waals surface area contributed by atoms with Gasteiger partial charge >= 0.3 is 0 Å². The molecular weight excluding hydrogens is 306 g/mol. The van der Waals surface area contributed by atoms with Gasteiger partial charge in [0.05, 0.1) is 5.92 Å². The van der Waals surface area contributed by atoms with Gasteiger partial charge in [-0.15, -0.1) is 0 Å². The highest BCUT2D eigenvalue weighted by Gasteiger charge is 2.40. The number of fused-ring (bicyclic) bond motifs is 1. The maximum atomic E-state index is 12.8. The summed E-state index contributed by atoms with van der Waals surface area (Å²) in [5.74, 6) is 0.419. The number of carbonyl (C=O) groups excluding carboxylic acids is 2. The van der Waals surface area contributed by atoms with Crippen LogP contribution in [0.25, 0.3) is 0 Å². The maximum Gasteiger partial charge on any atom is 0.276 e. The van der Waals surface area contributed by atoms with Crippen LogP contribution in [-0.4, -0.2) is 41.5 Å². The minimum atomic E-state index is -0.171. The Kier molecular flexibility index (Phi) is 3.59. The maximum absolute atomic E-state index is 12.8. The van der Waals surface area contributed by atoms with Crippen molar-refractivity contribution in [2.24, 2.45) is 5.92 Å². The molecule has 0 aliphatic carbocycles. The highest BCUT2D eigenvalue weighted by atomic mass is 16.5. The Bertz CT molecular complexity index is 792. The van der Waals surface area contributed by atoms with Gasteiger partial charge in [-0.05, 0) is 31.4 Å². The fourth-order valence-corrected chi connectivity index (χ4v) is 3.41. The first-order valence-corrected chi connectivity index (χ1v) is 8.25. The number of para-hydroxylation sites is 1. The van der Waals surface area contributed by atoms with E-state index in [4.69, 9.17) is 4.52 Å². The number of anilines is 1. The van der Waals surface area contributed by atoms with Crippen molar-refractivity contribution >= 4 is 17.5 Å². The number of aryl methyl sites for hydroxylation is 2. The van der Waals surface area contributed by atoms with Gasteiger partial charge in [-0.3, -0.25) is 9.59 Å². The Morgan fingerprint density at radius 1 is 1.25 bits per heavy atom. The Balaban J connectivity index is 1.42. The average Bonchev–Trinajstić information content (AvgIpc) is 2.99. The molecule has 2 aliphatic rings. The number of aromatic nitrogens is 1. The molecule has 2 aromatic rings. The van der Waals surface area contributed by atoms with Crippen LogP contribution >= 0.6 is 0 Å². The Hall–Kier alpha value is -2.63. The highest BCUT2D eigenvalue weighted by Crippen LogP contribution is 2.30. The number of rotatable bonds is 2. The number of benzene rings is 1. The van der Waals surface area contributed by atoms with Crippen LogP contribution in [0, 0.1) is 12.8 Å². The highest BCUT2D eigenvalue weighted by molar-refractivity contribution is 5.99. The lowest BCUT2D eigenvalue weighted by Gasteiger charge is -2.41. The SMILES string of the molecule is Cc1cc(C(=O)N2CC(C(=O)N3CCCc4ccccc43)C2)no1. The number of carbonyl (C=O) groups is 2. The van der Waals surface area contributed by atoms with Crippen LogP contribution in [-0.2, 0) is 11.2 Å². The van der Waals surface area contributed by atoms with Crippen molar-refractivity contribution in [2.45, 2.75) is 19.8 Å². The minimum absolute atomic E-state index is 0.113. The molecule has 24 heavy (non-hydrogen) atoms. The third-order valence-corrected chi connectivity index (χ3v) is 4.74. The number of hydrogen-bond donors (Lipinski definition) is 0. The van der Waals surface area contributed by atoms with Crippen LogP contribution in [0.4, 0.5) is 5.69 Å². The summed E-state index contributed by atoms with van der Waals surface area (Å²) in [5, 5.41) is 3.75. The predicted molar refractivity (Wildman–Crippen MR) is 87.7 cm³/mol. The molecule has 1 aromatic heterocycles. The van der Waals surface area contributed by atoms with Gasteiger partial charge in [0.1, 0.15) is 5.76 Å². The average molecular weight is 325 g/mol. The first-order valence-electron chi connectivity index (χ1n) is 8.25. The summed E-state index contributed by atoms with van der Waals surface area (Å²) < 4.78 is 4.94. The normalized spacial score (nSPS) is 17.4. The second kappa shape index (κ2) is 5.78. The van der Waals surface area contributed by atoms with Crippen molar-refractivity contribution in [3.05, 3.63) is 47.3 Å². The Morgan fingerprint density at radius 2 is 2.04 bits per heavy atom. The van der Waals surface area contributed by atoms with Gasteiger partial charge in [-0.25, -0.2) is 0 Å². The van der Waals surface area contributed by atoms with Crippen LogP contribution in [0.15, 0.2) is 34.9 Å². The van der Waals surface area contributed by atoms with Crippen molar-refractivity contribution < 1.29 is 14.1 Å². The fourth-order valence-electron chi connectivity index (χ4n) is 3.41. The van der Waals surface area contributed by atoms with Crippen molar-refractivity contribution in [1.82, 2.24) is 10.1 Å². The van der Waals surface area contributed by atoms with E-state index in [1.165, 1.54) is 5.56 Å². The molecule has 1 aromatic carbocycles. The molecule has 0 atom stereocenters. The standard InChI is InChI=1S/C18H19N3O3/c1-12-9-15(19-24-12)18(23)20-10-14(11-20)17(22)21-8-4-6-13-5-2-3-7-16(13)21/h2-3,5,7,9,14H,4,6,8,10-11H2,1H3. The van der Waals surface area contributed by atoms with E-state index in [1.807, 2.05) is 23.1 Å². The Morgan fingerprint density at radius 3 is 2.79 bits per heavy atom. The zero-order valence-electron chi connectivity index (χ0n) is 13.6. The van der Waals surface area contributed by atoms with E-state index in [0.717, 1.165) is 25.1 Å². The fraction of sp³-hybridized carbons (Fsp3) is 0.389. The second-order valence-electron chi connectivity index (χ2n) is 6.45. The summed E-state index contributed by atoms with van der Waals surface area (Å²) in [6.07, 6.45) is 2.00. The molecule has 0 N–H and O–H groups in total. The van der Waals surface area contributed by atoms with Crippen molar-refractivity contribution in [1.29, 1.82) is 0 Å². The van der Waals surface area contributed by atoms with Crippen LogP contribution in [0.3, 0.4) is 0 Å². The molecule has 0 radical (unpaired) electrons. The first kappa shape index (κ1) is 14.9. The molecule has 3 heterocycles. The van der Waals surface area contributed by atoms with Crippen LogP contribution in [0.1, 0.15) is 28.2 Å². The van der Waals surface area contributed by atoms with Gasteiger partial charge in [0.15, 0.2) is 5.69 Å². The van der Waals surface area contributed by atoms with E-state index in [9.17, 15) is 9.59 Å². The summed E-state index contributed by atoms with van der Waals surface area (Å²) in [6.45, 7) is 3.40. The zero-order chi connectivity index (χ0) is 16.7. The summed E-state index contributed by atoms with van der Waals surface area (Å²) in [6, 6.07) is 9.69. The van der Waals surface area contributed by atoms with E-state index in [1.54, 1.807) is 17.9 Å². The van der Waals surface area contributed by atoms with Gasteiger partial charge in [0, 0.05) is 31.4 Å². The summed E-state index contributed by atoms with van der Waals surface area (Å²) in [5.41, 5.74) is 2.55. The third kappa shape index (κ3) is 2.48. The molecule has 6 nitrogen and oxygen atoms in total. The smallest absolute Gasteiger partial charge is 0.276 e. The molecular formula is C18H19N3O3. The van der Waals surface area contributed by atoms with E-state index in [-0.39, 0.29) is 17.7 Å². The Labute approximate surface area is 140 Å². The molecule has 1 saturated heterocycles. The van der Waals surface area contributed by atoms with Crippen molar-refractivity contribution in [2.75, 3.05) is 24.5 Å². The quantitative estimate of drug-likeness (QED) is 0.847. The topological polar surface area (TPSA) is 66.7 Å². The molecule has 0 spiro atoms. The van der Waals surface area contributed by atoms with E-state index >= 15 is 0 Å². The molecule has 6 heteroatoms. The summed E-state index contributed by atoms with van der Waals surface area (Å²) in [7, 11) is 0. The predicted octanol–water partition coefficient (Wildman–Crippen LogP) is 2.03. The number of likely N-dealkylation sites (tertiary alicyclic amines) is 1. The van der Waals surface area contributed by atoms with E-state index < -0.39 is 0 Å². The number of amides is 2. The van der Waals surface area contributed by atoms with Gasteiger partial charge in [-0.1, -0.05) is 23.4 Å². The molecule has 2 aliphatic heterocycles. The first-order chi connectivity index (χ1) is 11.6. The molecule has 0 bridgehead atoms. The largest absolute Gasteiger partial charge is 0.361 e. The summed E-state index contributed by atoms with van der Waals surface area (Å²) >= 11 is 0. The second-order valence-corrected chi connectivity index (χ2v) is 6.45. The number of nitrogens with zero attached hydrogens (tertiary/aromatic N) is 3. The van der Waals surface area contributed by atoms with Crippen molar-refractivity contribution in [3.8, 4) is 0 Å². The lowest BCUT2D eigenvalue weighted by Crippen LogP contribution is -2.57. The lowest BCUT2D eigenvalue weighted by molar-refractivity contribution is -0.126. The van der Waals surface area contributed by atoms with Crippen LogP contribution < -0.4 is 4.90 Å². The molecule has 4 rings (SSSR count). The van der Waals surface area contributed by atoms with E-state index in [0.29, 0.717) is 24.5 Å². The van der Waals surface area contributed by atoms with Crippen LogP contribution in [0.2, 0.25) is 0 Å². The number of hydrogen-bond acceptors (Lipinski definition) is 4. The molecule has 2 amide bonds. The van der Waals surface area contributed by atoms with Crippen LogP contribution in [0.5, 0.6) is 0 Å². The van der Waals surface area contributed by atoms with E-state index in [2.05, 4.69) is 11.2 Å². The van der Waals surface area contributed by atoms with Gasteiger partial charge < -0.3 is 14.3 Å². The van der Waals surface area contributed by atoms with Gasteiger partial charge in [0.25, 0.3) is 5.91 Å². The van der Waals surface area contributed by atoms with Gasteiger partial charge in [0.2, 0.25) is 5.91 Å². The lowest BCUT2D eigenvalue weighted by atomic mass is 9.94. The third-order valence-electron chi connectivity index (χ3n) is 4.74. The monoisotopic (exact) mass is 325 g/mol. The van der Waals surface area contributed by atoms with Gasteiger partial charge in [-0.2, -0.15) is 0 Å². The summed E-state index contributed by atoms with van der Waals surface area (Å²) in [4.78, 5) is 28.6. The molecule has 124 valence electrons. The molecule has 0 unspecified atom stereocenters.